The van der Waals surface area contributed by atoms with E-state index in [9.17, 15) is 4.79 Å². The van der Waals surface area contributed by atoms with Crippen LogP contribution in [0.1, 0.15) is 46.6 Å². The Kier molecular flexibility index (Phi) is 4.46. The lowest BCUT2D eigenvalue weighted by Gasteiger charge is -2.40. The minimum absolute atomic E-state index is 0.160. The van der Waals surface area contributed by atoms with E-state index in [0.717, 1.165) is 67.1 Å². The second-order valence-electron chi connectivity index (χ2n) is 8.87. The third kappa shape index (κ3) is 3.35. The van der Waals surface area contributed by atoms with Gasteiger partial charge in [0, 0.05) is 59.8 Å². The average Bonchev–Trinajstić information content (AvgIpc) is 3.43. The number of carbonyl (C=O) groups is 1. The molecule has 1 N–H and O–H groups in total. The van der Waals surface area contributed by atoms with Gasteiger partial charge in [-0.1, -0.05) is 5.16 Å². The third-order valence-corrected chi connectivity index (χ3v) is 6.83. The molecule has 6 nitrogen and oxygen atoms in total. The van der Waals surface area contributed by atoms with Gasteiger partial charge in [0.05, 0.1) is 5.69 Å². The molecule has 2 saturated heterocycles. The summed E-state index contributed by atoms with van der Waals surface area (Å²) in [6, 6.07) is 7.96. The van der Waals surface area contributed by atoms with Crippen molar-refractivity contribution in [1.82, 2.24) is 19.9 Å². The number of amides is 1. The lowest BCUT2D eigenvalue weighted by molar-refractivity contribution is 0.0674. The SMILES string of the molecule is Cc1noc(C)c1CN1CCC[C@]2(CCN(C(=O)c3ccc4[nH]ccc4c3)C2)C1. The monoisotopic (exact) mass is 392 g/mol. The van der Waals surface area contributed by atoms with Crippen LogP contribution in [0.25, 0.3) is 10.9 Å². The van der Waals surface area contributed by atoms with Crippen molar-refractivity contribution in [2.24, 2.45) is 5.41 Å². The van der Waals surface area contributed by atoms with E-state index in [1.54, 1.807) is 0 Å². The number of likely N-dealkylation sites (tertiary alicyclic amines) is 2. The zero-order chi connectivity index (χ0) is 20.0. The van der Waals surface area contributed by atoms with Crippen LogP contribution in [0.3, 0.4) is 0 Å². The predicted octanol–water partition coefficient (Wildman–Crippen LogP) is 3.90. The molecule has 5 rings (SSSR count). The zero-order valence-corrected chi connectivity index (χ0v) is 17.2. The summed E-state index contributed by atoms with van der Waals surface area (Å²) in [5.41, 5.74) is 4.28. The van der Waals surface area contributed by atoms with Gasteiger partial charge in [0.2, 0.25) is 0 Å². The molecular formula is C23H28N4O2. The van der Waals surface area contributed by atoms with Crippen LogP contribution in [0.5, 0.6) is 0 Å². The van der Waals surface area contributed by atoms with Crippen LogP contribution in [0, 0.1) is 19.3 Å². The number of hydrogen-bond acceptors (Lipinski definition) is 4. The van der Waals surface area contributed by atoms with Crippen molar-refractivity contribution >= 4 is 16.8 Å². The number of rotatable bonds is 3. The second-order valence-corrected chi connectivity index (χ2v) is 8.87. The Hall–Kier alpha value is -2.60. The molecule has 1 amide bonds. The van der Waals surface area contributed by atoms with Crippen LogP contribution in [0.2, 0.25) is 0 Å². The van der Waals surface area contributed by atoms with Gasteiger partial charge in [-0.25, -0.2) is 0 Å². The number of benzene rings is 1. The van der Waals surface area contributed by atoms with E-state index in [4.69, 9.17) is 4.52 Å². The number of carbonyl (C=O) groups excluding carboxylic acids is 1. The third-order valence-electron chi connectivity index (χ3n) is 6.83. The van der Waals surface area contributed by atoms with E-state index in [1.807, 2.05) is 44.3 Å². The molecule has 6 heteroatoms. The maximum absolute atomic E-state index is 13.1. The van der Waals surface area contributed by atoms with Crippen molar-refractivity contribution in [2.75, 3.05) is 26.2 Å². The van der Waals surface area contributed by atoms with E-state index in [-0.39, 0.29) is 11.3 Å². The van der Waals surface area contributed by atoms with Crippen molar-refractivity contribution in [3.8, 4) is 0 Å². The largest absolute Gasteiger partial charge is 0.361 e. The van der Waals surface area contributed by atoms with Gasteiger partial charge in [0.15, 0.2) is 0 Å². The number of aromatic amines is 1. The molecule has 152 valence electrons. The normalized spacial score (nSPS) is 22.8. The summed E-state index contributed by atoms with van der Waals surface area (Å²) in [4.78, 5) is 20.9. The van der Waals surface area contributed by atoms with Gasteiger partial charge in [-0.15, -0.1) is 0 Å². The molecule has 0 aliphatic carbocycles. The fraction of sp³-hybridized carbons (Fsp3) is 0.478. The van der Waals surface area contributed by atoms with Gasteiger partial charge < -0.3 is 14.4 Å². The summed E-state index contributed by atoms with van der Waals surface area (Å²) >= 11 is 0. The predicted molar refractivity (Wildman–Crippen MR) is 112 cm³/mol. The number of hydrogen-bond donors (Lipinski definition) is 1. The first-order valence-corrected chi connectivity index (χ1v) is 10.5. The summed E-state index contributed by atoms with van der Waals surface area (Å²) < 4.78 is 5.34. The van der Waals surface area contributed by atoms with Gasteiger partial charge in [0.25, 0.3) is 5.91 Å². The fourth-order valence-corrected chi connectivity index (χ4v) is 5.21. The Morgan fingerprint density at radius 2 is 2.10 bits per heavy atom. The molecule has 2 aliphatic rings. The summed E-state index contributed by atoms with van der Waals surface area (Å²) in [6.07, 6.45) is 5.38. The van der Waals surface area contributed by atoms with E-state index in [2.05, 4.69) is 19.9 Å². The van der Waals surface area contributed by atoms with E-state index < -0.39 is 0 Å². The molecule has 3 aromatic rings. The number of fused-ring (bicyclic) bond motifs is 1. The molecule has 0 radical (unpaired) electrons. The van der Waals surface area contributed by atoms with Crippen molar-refractivity contribution in [1.29, 1.82) is 0 Å². The highest BCUT2D eigenvalue weighted by Crippen LogP contribution is 2.40. The number of aromatic nitrogens is 2. The number of H-pyrrole nitrogens is 1. The standard InChI is InChI=1S/C23H28N4O2/c1-16-20(17(2)29-25-16)13-26-10-3-7-23(14-26)8-11-27(15-23)22(28)19-4-5-21-18(12-19)6-9-24-21/h4-6,9,12,24H,3,7-8,10-11,13-15H2,1-2H3/t23-/m0/s1. The Balaban J connectivity index is 1.29. The Morgan fingerprint density at radius 3 is 2.93 bits per heavy atom. The highest BCUT2D eigenvalue weighted by Gasteiger charge is 2.43. The summed E-state index contributed by atoms with van der Waals surface area (Å²) in [6.45, 7) is 8.75. The number of piperidine rings is 1. The van der Waals surface area contributed by atoms with Crippen molar-refractivity contribution in [3.63, 3.8) is 0 Å². The molecule has 2 aliphatic heterocycles. The summed E-state index contributed by atoms with van der Waals surface area (Å²) in [5.74, 6) is 1.08. The number of aryl methyl sites for hydroxylation is 2. The first kappa shape index (κ1) is 18.4. The molecule has 4 heterocycles. The Labute approximate surface area is 170 Å². The minimum Gasteiger partial charge on any atom is -0.361 e. The molecule has 0 saturated carbocycles. The topological polar surface area (TPSA) is 65.4 Å². The van der Waals surface area contributed by atoms with Gasteiger partial charge in [-0.05, 0) is 63.9 Å². The quantitative estimate of drug-likeness (QED) is 0.734. The smallest absolute Gasteiger partial charge is 0.253 e. The highest BCUT2D eigenvalue weighted by molar-refractivity contribution is 5.98. The van der Waals surface area contributed by atoms with Crippen molar-refractivity contribution in [2.45, 2.75) is 39.7 Å². The molecule has 2 aromatic heterocycles. The molecule has 1 aromatic carbocycles. The molecule has 0 bridgehead atoms. The molecule has 29 heavy (non-hydrogen) atoms. The van der Waals surface area contributed by atoms with E-state index in [0.29, 0.717) is 0 Å². The lowest BCUT2D eigenvalue weighted by Crippen LogP contribution is -2.45. The fourth-order valence-electron chi connectivity index (χ4n) is 5.21. The second kappa shape index (κ2) is 7.02. The maximum Gasteiger partial charge on any atom is 0.253 e. The molecule has 1 atom stereocenters. The first-order chi connectivity index (χ1) is 14.0. The Morgan fingerprint density at radius 1 is 1.21 bits per heavy atom. The van der Waals surface area contributed by atoms with Gasteiger partial charge >= 0.3 is 0 Å². The van der Waals surface area contributed by atoms with Crippen LogP contribution in [-0.4, -0.2) is 52.0 Å². The van der Waals surface area contributed by atoms with E-state index in [1.165, 1.54) is 18.4 Å². The molecule has 2 fully saturated rings. The van der Waals surface area contributed by atoms with Crippen LogP contribution >= 0.6 is 0 Å². The summed E-state index contributed by atoms with van der Waals surface area (Å²) in [7, 11) is 0. The molecule has 1 spiro atoms. The van der Waals surface area contributed by atoms with Crippen LogP contribution < -0.4 is 0 Å². The zero-order valence-electron chi connectivity index (χ0n) is 17.2. The average molecular weight is 393 g/mol. The van der Waals surface area contributed by atoms with Gasteiger partial charge in [-0.2, -0.15) is 0 Å². The number of nitrogens with one attached hydrogen (secondary N) is 1. The molecular weight excluding hydrogens is 364 g/mol. The van der Waals surface area contributed by atoms with Crippen LogP contribution in [-0.2, 0) is 6.54 Å². The van der Waals surface area contributed by atoms with Gasteiger partial charge in [-0.3, -0.25) is 9.69 Å². The minimum atomic E-state index is 0.160. The first-order valence-electron chi connectivity index (χ1n) is 10.5. The van der Waals surface area contributed by atoms with Crippen LogP contribution in [0.4, 0.5) is 0 Å². The lowest BCUT2D eigenvalue weighted by atomic mass is 9.79. The maximum atomic E-state index is 13.1. The van der Waals surface area contributed by atoms with Crippen molar-refractivity contribution < 1.29 is 9.32 Å². The van der Waals surface area contributed by atoms with E-state index >= 15 is 0 Å². The highest BCUT2D eigenvalue weighted by atomic mass is 16.5. The van der Waals surface area contributed by atoms with Crippen molar-refractivity contribution in [3.05, 3.63) is 53.0 Å². The Bertz CT molecular complexity index is 1030. The van der Waals surface area contributed by atoms with Gasteiger partial charge in [0.1, 0.15) is 5.76 Å². The summed E-state index contributed by atoms with van der Waals surface area (Å²) in [5, 5.41) is 5.19. The van der Waals surface area contributed by atoms with Crippen LogP contribution in [0.15, 0.2) is 35.0 Å². The number of nitrogens with zero attached hydrogens (tertiary/aromatic N) is 3. The molecule has 0 unspecified atom stereocenters.